The molecule has 0 saturated heterocycles. The van der Waals surface area contributed by atoms with Gasteiger partial charge in [0.15, 0.2) is 17.5 Å². The average molecular weight is 673 g/mol. The average Bonchev–Trinajstić information content (AvgIpc) is 3.51. The first-order valence-corrected chi connectivity index (χ1v) is 17.4. The second-order valence-corrected chi connectivity index (χ2v) is 13.2. The van der Waals surface area contributed by atoms with Crippen LogP contribution in [-0.2, 0) is 0 Å². The van der Waals surface area contributed by atoms with E-state index >= 15 is 0 Å². The smallest absolute Gasteiger partial charge is 0.166 e. The van der Waals surface area contributed by atoms with Gasteiger partial charge < -0.3 is 4.57 Å². The Labute approximate surface area is 301 Å². The molecule has 9 rings (SSSR count). The number of benzene rings is 7. The number of para-hydroxylation sites is 1. The normalized spacial score (nSPS) is 11.4. The van der Waals surface area contributed by atoms with Gasteiger partial charge in [-0.05, 0) is 72.5 Å². The molecule has 248 valence electrons. The van der Waals surface area contributed by atoms with E-state index in [-0.39, 0.29) is 5.82 Å². The van der Waals surface area contributed by atoms with Gasteiger partial charge in [-0.3, -0.25) is 0 Å². The first-order valence-electron chi connectivity index (χ1n) is 17.4. The third-order valence-electron chi connectivity index (χ3n) is 9.59. The Bertz CT molecular complexity index is 2670. The molecular formula is C47H33FN4. The van der Waals surface area contributed by atoms with Crippen molar-refractivity contribution in [3.05, 3.63) is 181 Å². The maximum absolute atomic E-state index is 14.1. The molecular weight excluding hydrogens is 640 g/mol. The summed E-state index contributed by atoms with van der Waals surface area (Å²) in [6, 6.07) is 54.9. The molecule has 0 N–H and O–H groups in total. The molecule has 0 fully saturated rings. The monoisotopic (exact) mass is 672 g/mol. The predicted octanol–water partition coefficient (Wildman–Crippen LogP) is 12.1. The second kappa shape index (κ2) is 12.9. The summed E-state index contributed by atoms with van der Waals surface area (Å²) in [7, 11) is 0. The molecule has 0 radical (unpaired) electrons. The molecule has 0 saturated carbocycles. The zero-order valence-corrected chi connectivity index (χ0v) is 28.8. The second-order valence-electron chi connectivity index (χ2n) is 13.2. The van der Waals surface area contributed by atoms with Crippen molar-refractivity contribution < 1.29 is 4.39 Å². The SMILES string of the molecule is Cc1cc(C)cc(-c2ccc3c4ccccc4n(-c4cc(-c5ccc(F)cc5)ccc4-c4nc(-c5ccccc5)nc(-c5ccccc5)n4)c3c2)c1. The van der Waals surface area contributed by atoms with Crippen LogP contribution in [-0.4, -0.2) is 19.5 Å². The Morgan fingerprint density at radius 1 is 0.404 bits per heavy atom. The van der Waals surface area contributed by atoms with E-state index in [9.17, 15) is 4.39 Å². The molecule has 0 amide bonds. The minimum Gasteiger partial charge on any atom is -0.308 e. The van der Waals surface area contributed by atoms with Crippen molar-refractivity contribution in [2.75, 3.05) is 0 Å². The molecule has 9 aromatic rings. The van der Waals surface area contributed by atoms with Crippen molar-refractivity contribution in [2.45, 2.75) is 13.8 Å². The number of aromatic nitrogens is 4. The van der Waals surface area contributed by atoms with Crippen molar-refractivity contribution in [3.8, 4) is 62.1 Å². The fraction of sp³-hybridized carbons (Fsp3) is 0.0426. The number of hydrogen-bond donors (Lipinski definition) is 0. The molecule has 7 aromatic carbocycles. The van der Waals surface area contributed by atoms with E-state index in [2.05, 4.69) is 97.3 Å². The van der Waals surface area contributed by atoms with Gasteiger partial charge >= 0.3 is 0 Å². The standard InChI is InChI=1S/C47H33FN4/c1-30-25-31(2)27-37(26-30)36-19-23-40-39-15-9-10-16-42(39)52(43(40)29-36)44-28-35(32-17-21-38(48)22-18-32)20-24-41(44)47-50-45(33-11-5-3-6-12-33)49-46(51-47)34-13-7-4-8-14-34/h3-29H,1-2H3. The largest absolute Gasteiger partial charge is 0.308 e. The highest BCUT2D eigenvalue weighted by Gasteiger charge is 2.21. The first-order chi connectivity index (χ1) is 25.5. The molecule has 0 bridgehead atoms. The summed E-state index contributed by atoms with van der Waals surface area (Å²) in [6.45, 7) is 4.28. The number of halogens is 1. The number of nitrogens with zero attached hydrogens (tertiary/aromatic N) is 4. The van der Waals surface area contributed by atoms with Crippen LogP contribution in [0.15, 0.2) is 164 Å². The van der Waals surface area contributed by atoms with Crippen LogP contribution < -0.4 is 0 Å². The number of rotatable bonds is 6. The summed E-state index contributed by atoms with van der Waals surface area (Å²) in [6.07, 6.45) is 0. The van der Waals surface area contributed by atoms with Gasteiger partial charge in [-0.1, -0.05) is 139 Å². The molecule has 0 spiro atoms. The minimum atomic E-state index is -0.269. The number of aryl methyl sites for hydroxylation is 2. The highest BCUT2D eigenvalue weighted by Crippen LogP contribution is 2.40. The van der Waals surface area contributed by atoms with Crippen LogP contribution in [0, 0.1) is 19.7 Å². The van der Waals surface area contributed by atoms with Gasteiger partial charge in [0, 0.05) is 27.5 Å². The highest BCUT2D eigenvalue weighted by molar-refractivity contribution is 6.10. The molecule has 0 aliphatic heterocycles. The van der Waals surface area contributed by atoms with Gasteiger partial charge in [0.25, 0.3) is 0 Å². The Morgan fingerprint density at radius 2 is 0.942 bits per heavy atom. The number of fused-ring (bicyclic) bond motifs is 3. The summed E-state index contributed by atoms with van der Waals surface area (Å²) in [5.74, 6) is 1.48. The fourth-order valence-corrected chi connectivity index (χ4v) is 7.21. The van der Waals surface area contributed by atoms with Crippen LogP contribution in [0.4, 0.5) is 4.39 Å². The lowest BCUT2D eigenvalue weighted by Crippen LogP contribution is -2.04. The van der Waals surface area contributed by atoms with Gasteiger partial charge in [-0.15, -0.1) is 0 Å². The zero-order chi connectivity index (χ0) is 35.2. The van der Waals surface area contributed by atoms with Crippen LogP contribution in [0.3, 0.4) is 0 Å². The van der Waals surface area contributed by atoms with Crippen molar-refractivity contribution in [3.63, 3.8) is 0 Å². The van der Waals surface area contributed by atoms with E-state index in [0.717, 1.165) is 60.9 Å². The molecule has 0 aliphatic rings. The summed E-state index contributed by atoms with van der Waals surface area (Å²) >= 11 is 0. The van der Waals surface area contributed by atoms with Crippen molar-refractivity contribution in [2.24, 2.45) is 0 Å². The van der Waals surface area contributed by atoms with Crippen LogP contribution >= 0.6 is 0 Å². The van der Waals surface area contributed by atoms with Crippen molar-refractivity contribution >= 4 is 21.8 Å². The van der Waals surface area contributed by atoms with Crippen LogP contribution in [0.5, 0.6) is 0 Å². The molecule has 0 unspecified atom stereocenters. The predicted molar refractivity (Wildman–Crippen MR) is 211 cm³/mol. The topological polar surface area (TPSA) is 43.6 Å². The summed E-state index contributed by atoms with van der Waals surface area (Å²) in [5, 5.41) is 2.29. The van der Waals surface area contributed by atoms with Gasteiger partial charge in [0.05, 0.1) is 16.7 Å². The molecule has 4 nitrogen and oxygen atoms in total. The quantitative estimate of drug-likeness (QED) is 0.177. The van der Waals surface area contributed by atoms with Gasteiger partial charge in [0.2, 0.25) is 0 Å². The first kappa shape index (κ1) is 31.3. The van der Waals surface area contributed by atoms with E-state index < -0.39 is 0 Å². The van der Waals surface area contributed by atoms with Gasteiger partial charge in [0.1, 0.15) is 5.82 Å². The lowest BCUT2D eigenvalue weighted by atomic mass is 9.99. The van der Waals surface area contributed by atoms with Gasteiger partial charge in [-0.2, -0.15) is 0 Å². The fourth-order valence-electron chi connectivity index (χ4n) is 7.21. The van der Waals surface area contributed by atoms with E-state index in [4.69, 9.17) is 15.0 Å². The van der Waals surface area contributed by atoms with Crippen LogP contribution in [0.25, 0.3) is 83.9 Å². The van der Waals surface area contributed by atoms with Crippen molar-refractivity contribution in [1.82, 2.24) is 19.5 Å². The lowest BCUT2D eigenvalue weighted by molar-refractivity contribution is 0.628. The lowest BCUT2D eigenvalue weighted by Gasteiger charge is -2.17. The third-order valence-corrected chi connectivity index (χ3v) is 9.59. The summed E-state index contributed by atoms with van der Waals surface area (Å²) in [5.41, 5.74) is 12.3. The van der Waals surface area contributed by atoms with E-state index in [1.54, 1.807) is 0 Å². The molecule has 2 aromatic heterocycles. The van der Waals surface area contributed by atoms with Crippen LogP contribution in [0.2, 0.25) is 0 Å². The van der Waals surface area contributed by atoms with E-state index in [1.165, 1.54) is 28.8 Å². The van der Waals surface area contributed by atoms with Crippen LogP contribution in [0.1, 0.15) is 11.1 Å². The molecule has 2 heterocycles. The Hall–Kier alpha value is -6.72. The summed E-state index contributed by atoms with van der Waals surface area (Å²) in [4.78, 5) is 15.2. The van der Waals surface area contributed by atoms with E-state index in [0.29, 0.717) is 17.5 Å². The maximum Gasteiger partial charge on any atom is 0.166 e. The maximum atomic E-state index is 14.1. The highest BCUT2D eigenvalue weighted by atomic mass is 19.1. The molecule has 5 heteroatoms. The molecule has 0 atom stereocenters. The number of hydrogen-bond acceptors (Lipinski definition) is 3. The zero-order valence-electron chi connectivity index (χ0n) is 28.8. The molecule has 0 aliphatic carbocycles. The minimum absolute atomic E-state index is 0.269. The Kier molecular flexibility index (Phi) is 7.74. The van der Waals surface area contributed by atoms with E-state index in [1.807, 2.05) is 72.8 Å². The Morgan fingerprint density at radius 3 is 1.62 bits per heavy atom. The van der Waals surface area contributed by atoms with Crippen molar-refractivity contribution in [1.29, 1.82) is 0 Å². The third kappa shape index (κ3) is 5.72. The van der Waals surface area contributed by atoms with Gasteiger partial charge in [-0.25, -0.2) is 19.3 Å². The summed E-state index contributed by atoms with van der Waals surface area (Å²) < 4.78 is 16.4. The molecule has 52 heavy (non-hydrogen) atoms. The Balaban J connectivity index is 1.36.